The Balaban J connectivity index is 0.000000921. The number of nitrogen functional groups attached to an aromatic ring is 1. The first-order valence-electron chi connectivity index (χ1n) is 7.44. The van der Waals surface area contributed by atoms with Crippen LogP contribution in [0.1, 0.15) is 40.4 Å². The van der Waals surface area contributed by atoms with Gasteiger partial charge in [0, 0.05) is 11.3 Å². The van der Waals surface area contributed by atoms with Crippen LogP contribution in [-0.2, 0) is 0 Å². The van der Waals surface area contributed by atoms with Crippen molar-refractivity contribution in [2.45, 2.75) is 34.6 Å². The minimum absolute atomic E-state index is 0.725. The molecule has 2 rings (SSSR count). The van der Waals surface area contributed by atoms with Gasteiger partial charge in [-0.15, -0.1) is 0 Å². The maximum absolute atomic E-state index is 5.71. The van der Waals surface area contributed by atoms with E-state index >= 15 is 0 Å². The Hall–Kier alpha value is -2.29. The van der Waals surface area contributed by atoms with Crippen molar-refractivity contribution in [1.29, 1.82) is 0 Å². The molecule has 0 bridgehead atoms. The van der Waals surface area contributed by atoms with Gasteiger partial charge in [0.05, 0.1) is 11.0 Å². The van der Waals surface area contributed by atoms with Crippen molar-refractivity contribution >= 4 is 22.3 Å². The first kappa shape index (κ1) is 18.7. The molecular weight excluding hydrogens is 258 g/mol. The highest BCUT2D eigenvalue weighted by Crippen LogP contribution is 2.18. The summed E-state index contributed by atoms with van der Waals surface area (Å²) in [5.74, 6) is 0.770. The summed E-state index contributed by atoms with van der Waals surface area (Å²) >= 11 is 0. The van der Waals surface area contributed by atoms with Crippen molar-refractivity contribution in [1.82, 2.24) is 9.97 Å². The van der Waals surface area contributed by atoms with Gasteiger partial charge in [0.1, 0.15) is 5.82 Å². The minimum Gasteiger partial charge on any atom is -0.399 e. The number of benzene rings is 1. The predicted molar refractivity (Wildman–Crippen MR) is 96.2 cm³/mol. The number of imidazole rings is 1. The summed E-state index contributed by atoms with van der Waals surface area (Å²) in [6, 6.07) is 5.60. The Morgan fingerprint density at radius 1 is 1.19 bits per heavy atom. The fraction of sp³-hybridized carbons (Fsp3) is 0.278. The molecule has 0 unspecified atom stereocenters. The fourth-order valence-electron chi connectivity index (χ4n) is 1.54. The number of allylic oxidation sites excluding steroid dienone is 5. The lowest BCUT2D eigenvalue weighted by molar-refractivity contribution is 1.27. The van der Waals surface area contributed by atoms with E-state index in [1.54, 1.807) is 0 Å². The number of H-pyrrole nitrogens is 1. The molecule has 0 fully saturated rings. The largest absolute Gasteiger partial charge is 0.399 e. The number of nitrogens with zero attached hydrogens (tertiary/aromatic N) is 1. The summed E-state index contributed by atoms with van der Waals surface area (Å²) in [4.78, 5) is 7.64. The number of rotatable bonds is 3. The van der Waals surface area contributed by atoms with Gasteiger partial charge in [-0.05, 0) is 25.1 Å². The molecule has 0 spiro atoms. The molecule has 0 aliphatic carbocycles. The Morgan fingerprint density at radius 3 is 2.48 bits per heavy atom. The number of nitrogens with one attached hydrogen (secondary N) is 1. The van der Waals surface area contributed by atoms with Crippen LogP contribution in [-0.4, -0.2) is 9.97 Å². The Kier molecular flexibility index (Phi) is 9.35. The predicted octanol–water partition coefficient (Wildman–Crippen LogP) is 5.34. The second-order valence-corrected chi connectivity index (χ2v) is 3.77. The van der Waals surface area contributed by atoms with Gasteiger partial charge in [-0.25, -0.2) is 4.98 Å². The second kappa shape index (κ2) is 10.5. The lowest BCUT2D eigenvalue weighted by atomic mass is 10.2. The lowest BCUT2D eigenvalue weighted by Gasteiger charge is -1.91. The zero-order valence-electron chi connectivity index (χ0n) is 13.8. The Labute approximate surface area is 128 Å². The third kappa shape index (κ3) is 5.69. The van der Waals surface area contributed by atoms with E-state index in [0.29, 0.717) is 0 Å². The molecule has 0 saturated carbocycles. The lowest BCUT2D eigenvalue weighted by Crippen LogP contribution is -1.82. The number of aromatic nitrogens is 2. The minimum atomic E-state index is 0.725. The maximum Gasteiger partial charge on any atom is 0.137 e. The van der Waals surface area contributed by atoms with Crippen molar-refractivity contribution < 1.29 is 0 Å². The van der Waals surface area contributed by atoms with E-state index in [1.165, 1.54) is 0 Å². The van der Waals surface area contributed by atoms with E-state index in [4.69, 9.17) is 5.73 Å². The molecule has 3 nitrogen and oxygen atoms in total. The monoisotopic (exact) mass is 285 g/mol. The second-order valence-electron chi connectivity index (χ2n) is 3.77. The number of anilines is 1. The average Bonchev–Trinajstić information content (AvgIpc) is 2.94. The molecule has 0 saturated heterocycles. The molecule has 1 aromatic heterocycles. The maximum atomic E-state index is 5.71. The highest BCUT2D eigenvalue weighted by Gasteiger charge is 2.03. The third-order valence-corrected chi connectivity index (χ3v) is 2.41. The molecule has 0 radical (unpaired) electrons. The summed E-state index contributed by atoms with van der Waals surface area (Å²) in [7, 11) is 0. The van der Waals surface area contributed by atoms with E-state index in [9.17, 15) is 0 Å². The van der Waals surface area contributed by atoms with Crippen LogP contribution in [0, 0.1) is 0 Å². The number of hydrogen-bond donors (Lipinski definition) is 2. The van der Waals surface area contributed by atoms with Gasteiger partial charge in [-0.3, -0.25) is 0 Å². The van der Waals surface area contributed by atoms with E-state index in [2.05, 4.69) is 16.5 Å². The van der Waals surface area contributed by atoms with E-state index in [1.807, 2.05) is 77.1 Å². The van der Waals surface area contributed by atoms with E-state index in [0.717, 1.165) is 28.1 Å². The molecule has 114 valence electrons. The smallest absolute Gasteiger partial charge is 0.137 e. The summed E-state index contributed by atoms with van der Waals surface area (Å²) in [5, 5.41) is 0. The quantitative estimate of drug-likeness (QED) is 0.590. The van der Waals surface area contributed by atoms with Crippen LogP contribution in [0.3, 0.4) is 0 Å². The van der Waals surface area contributed by atoms with Crippen LogP contribution in [0.2, 0.25) is 0 Å². The van der Waals surface area contributed by atoms with Crippen LogP contribution in [0.4, 0.5) is 5.69 Å². The molecule has 0 atom stereocenters. The molecule has 1 heterocycles. The van der Waals surface area contributed by atoms with Crippen LogP contribution in [0.5, 0.6) is 0 Å². The zero-order valence-corrected chi connectivity index (χ0v) is 13.8. The molecule has 0 amide bonds. The van der Waals surface area contributed by atoms with E-state index < -0.39 is 0 Å². The molecule has 3 N–H and O–H groups in total. The number of aromatic amines is 1. The normalized spacial score (nSPS) is 10.1. The summed E-state index contributed by atoms with van der Waals surface area (Å²) in [5.41, 5.74) is 9.11. The van der Waals surface area contributed by atoms with Gasteiger partial charge in [0.15, 0.2) is 0 Å². The molecular formula is C18H27N3. The van der Waals surface area contributed by atoms with Crippen LogP contribution in [0.15, 0.2) is 49.1 Å². The third-order valence-electron chi connectivity index (χ3n) is 2.41. The summed E-state index contributed by atoms with van der Waals surface area (Å²) in [6.07, 6.45) is 7.76. The summed E-state index contributed by atoms with van der Waals surface area (Å²) < 4.78 is 0. The van der Waals surface area contributed by atoms with Gasteiger partial charge >= 0.3 is 0 Å². The Bertz CT molecular complexity index is 604. The van der Waals surface area contributed by atoms with Crippen LogP contribution < -0.4 is 5.73 Å². The van der Waals surface area contributed by atoms with Gasteiger partial charge in [-0.2, -0.15) is 0 Å². The molecule has 3 heteroatoms. The van der Waals surface area contributed by atoms with Gasteiger partial charge in [-0.1, -0.05) is 58.6 Å². The van der Waals surface area contributed by atoms with Crippen molar-refractivity contribution in [3.63, 3.8) is 0 Å². The molecule has 0 aliphatic heterocycles. The molecule has 21 heavy (non-hydrogen) atoms. The fourth-order valence-corrected chi connectivity index (χ4v) is 1.54. The van der Waals surface area contributed by atoms with Gasteiger partial charge in [0.2, 0.25) is 0 Å². The SMILES string of the molecule is C=C(/C=C\C=C/C)c1nc2ccc(N)cc2[nH]1.CC.CC. The topological polar surface area (TPSA) is 54.7 Å². The van der Waals surface area contributed by atoms with Crippen molar-refractivity contribution in [2.75, 3.05) is 5.73 Å². The van der Waals surface area contributed by atoms with Crippen LogP contribution in [0.25, 0.3) is 16.6 Å². The highest BCUT2D eigenvalue weighted by atomic mass is 14.9. The first-order chi connectivity index (χ1) is 10.2. The van der Waals surface area contributed by atoms with Crippen LogP contribution >= 0.6 is 0 Å². The molecule has 2 aromatic rings. The van der Waals surface area contributed by atoms with E-state index in [-0.39, 0.29) is 0 Å². The number of hydrogen-bond acceptors (Lipinski definition) is 2. The van der Waals surface area contributed by atoms with Crippen molar-refractivity contribution in [3.05, 3.63) is 54.9 Å². The standard InChI is InChI=1S/C14H15N3.2C2H6/c1-3-4-5-6-10(2)14-16-12-8-7-11(15)9-13(12)17-14;2*1-2/h3-9H,2,15H2,1H3,(H,16,17);2*1-2H3/b4-3-,6-5-;;. The van der Waals surface area contributed by atoms with Gasteiger partial charge in [0.25, 0.3) is 0 Å². The number of nitrogens with two attached hydrogens (primary N) is 1. The zero-order chi connectivity index (χ0) is 16.3. The van der Waals surface area contributed by atoms with Crippen molar-refractivity contribution in [2.24, 2.45) is 0 Å². The van der Waals surface area contributed by atoms with Gasteiger partial charge < -0.3 is 10.7 Å². The average molecular weight is 285 g/mol. The number of fused-ring (bicyclic) bond motifs is 1. The van der Waals surface area contributed by atoms with Crippen molar-refractivity contribution in [3.8, 4) is 0 Å². The Morgan fingerprint density at radius 2 is 1.86 bits per heavy atom. The first-order valence-corrected chi connectivity index (χ1v) is 7.44. The highest BCUT2D eigenvalue weighted by molar-refractivity contribution is 5.82. The molecule has 1 aromatic carbocycles. The summed E-state index contributed by atoms with van der Waals surface area (Å²) in [6.45, 7) is 13.9. The molecule has 0 aliphatic rings.